The van der Waals surface area contributed by atoms with Crippen LogP contribution < -0.4 is 0 Å². The predicted molar refractivity (Wildman–Crippen MR) is 88.8 cm³/mol. The second-order valence-corrected chi connectivity index (χ2v) is 7.59. The van der Waals surface area contributed by atoms with Crippen LogP contribution in [0.1, 0.15) is 19.3 Å². The van der Waals surface area contributed by atoms with Crippen molar-refractivity contribution >= 4 is 35.4 Å². The molecule has 1 aromatic rings. The highest BCUT2D eigenvalue weighted by Crippen LogP contribution is 2.54. The van der Waals surface area contributed by atoms with Gasteiger partial charge in [0, 0.05) is 6.42 Å². The molecule has 6 nitrogen and oxygen atoms in total. The number of nitrogens with zero attached hydrogens (tertiary/aromatic N) is 2. The van der Waals surface area contributed by atoms with Crippen molar-refractivity contribution in [1.29, 1.82) is 0 Å². The van der Waals surface area contributed by atoms with E-state index in [1.54, 1.807) is 10.8 Å². The zero-order chi connectivity index (χ0) is 16.8. The normalized spacial score (nSPS) is 28.7. The minimum absolute atomic E-state index is 0.118. The lowest BCUT2D eigenvalue weighted by atomic mass is 9.86. The Morgan fingerprint density at radius 2 is 2.17 bits per heavy atom. The summed E-state index contributed by atoms with van der Waals surface area (Å²) in [5, 5.41) is 33.7. The minimum Gasteiger partial charge on any atom is -0.386 e. The fourth-order valence-electron chi connectivity index (χ4n) is 2.78. The Kier molecular flexibility index (Phi) is 4.46. The molecule has 0 saturated heterocycles. The van der Waals surface area contributed by atoms with Crippen LogP contribution in [0.3, 0.4) is 0 Å². The molecule has 1 fully saturated rings. The lowest BCUT2D eigenvalue weighted by molar-refractivity contribution is 0.00678. The van der Waals surface area contributed by atoms with Gasteiger partial charge in [-0.15, -0.1) is 11.6 Å². The van der Waals surface area contributed by atoms with Crippen molar-refractivity contribution < 1.29 is 15.3 Å². The lowest BCUT2D eigenvalue weighted by Crippen LogP contribution is -2.46. The molecule has 23 heavy (non-hydrogen) atoms. The van der Waals surface area contributed by atoms with Gasteiger partial charge in [-0.05, 0) is 30.6 Å². The van der Waals surface area contributed by atoms with Gasteiger partial charge in [0.05, 0.1) is 16.5 Å². The zero-order valence-corrected chi connectivity index (χ0v) is 14.4. The van der Waals surface area contributed by atoms with E-state index < -0.39 is 22.7 Å². The maximum absolute atomic E-state index is 11.2. The van der Waals surface area contributed by atoms with Gasteiger partial charge >= 0.3 is 0 Å². The molecule has 9 heteroatoms. The second-order valence-electron chi connectivity index (χ2n) is 6.10. The number of aromatic nitrogens is 3. The monoisotopic (exact) mass is 377 g/mol. The summed E-state index contributed by atoms with van der Waals surface area (Å²) < 4.78 is 1.86. The first-order valence-corrected chi connectivity index (χ1v) is 8.37. The van der Waals surface area contributed by atoms with Crippen LogP contribution in [0.15, 0.2) is 29.1 Å². The number of H-pyrrole nitrogens is 1. The summed E-state index contributed by atoms with van der Waals surface area (Å²) in [6.07, 6.45) is 3.74. The quantitative estimate of drug-likeness (QED) is 0.462. The zero-order valence-electron chi connectivity index (χ0n) is 12.1. The van der Waals surface area contributed by atoms with E-state index in [-0.39, 0.29) is 18.0 Å². The summed E-state index contributed by atoms with van der Waals surface area (Å²) >= 11 is 17.8. The molecule has 1 heterocycles. The van der Waals surface area contributed by atoms with E-state index in [4.69, 9.17) is 35.4 Å². The minimum atomic E-state index is -1.32. The molecule has 0 bridgehead atoms. The maximum atomic E-state index is 11.2. The SMILES string of the molecule is OC1C=CC(CC(O)(Cn2[nH]cnc2=S)C2(Cl)CC2)=C(Cl)C1O. The van der Waals surface area contributed by atoms with Crippen molar-refractivity contribution in [3.8, 4) is 0 Å². The van der Waals surface area contributed by atoms with E-state index in [9.17, 15) is 15.3 Å². The number of hydrogen-bond donors (Lipinski definition) is 4. The molecule has 2 aliphatic carbocycles. The second kappa shape index (κ2) is 5.98. The van der Waals surface area contributed by atoms with E-state index in [2.05, 4.69) is 10.1 Å². The highest BCUT2D eigenvalue weighted by molar-refractivity contribution is 7.71. The number of allylic oxidation sites excluding steroid dienone is 1. The van der Waals surface area contributed by atoms with Crippen molar-refractivity contribution in [3.05, 3.63) is 33.9 Å². The van der Waals surface area contributed by atoms with Crippen LogP contribution in [-0.2, 0) is 6.54 Å². The van der Waals surface area contributed by atoms with Crippen molar-refractivity contribution in [2.45, 2.75) is 48.5 Å². The van der Waals surface area contributed by atoms with Crippen molar-refractivity contribution in [3.63, 3.8) is 0 Å². The van der Waals surface area contributed by atoms with Gasteiger partial charge in [0.15, 0.2) is 0 Å². The van der Waals surface area contributed by atoms with Gasteiger partial charge in [0.1, 0.15) is 24.1 Å². The first-order chi connectivity index (χ1) is 10.8. The molecule has 126 valence electrons. The smallest absolute Gasteiger partial charge is 0.215 e. The number of aliphatic hydroxyl groups is 3. The van der Waals surface area contributed by atoms with Gasteiger partial charge in [-0.3, -0.25) is 9.78 Å². The van der Waals surface area contributed by atoms with E-state index >= 15 is 0 Å². The van der Waals surface area contributed by atoms with Gasteiger partial charge in [-0.1, -0.05) is 23.8 Å². The lowest BCUT2D eigenvalue weighted by Gasteiger charge is -2.35. The van der Waals surface area contributed by atoms with Gasteiger partial charge in [-0.25, -0.2) is 4.98 Å². The average Bonchev–Trinajstić information content (AvgIpc) is 3.15. The number of rotatable bonds is 5. The maximum Gasteiger partial charge on any atom is 0.215 e. The van der Waals surface area contributed by atoms with Crippen molar-refractivity contribution in [2.75, 3.05) is 0 Å². The molecular weight excluding hydrogens is 361 g/mol. The summed E-state index contributed by atoms with van der Waals surface area (Å²) in [5.41, 5.74) is -0.772. The Hall–Kier alpha value is -0.700. The molecule has 4 N–H and O–H groups in total. The van der Waals surface area contributed by atoms with Crippen LogP contribution in [0.4, 0.5) is 0 Å². The Balaban J connectivity index is 1.91. The van der Waals surface area contributed by atoms with Gasteiger partial charge in [0.25, 0.3) is 0 Å². The highest BCUT2D eigenvalue weighted by atomic mass is 35.5. The van der Waals surface area contributed by atoms with Crippen molar-refractivity contribution in [2.24, 2.45) is 0 Å². The largest absolute Gasteiger partial charge is 0.386 e. The third-order valence-electron chi connectivity index (χ3n) is 4.43. The van der Waals surface area contributed by atoms with Crippen LogP contribution in [0.5, 0.6) is 0 Å². The molecule has 3 unspecified atom stereocenters. The van der Waals surface area contributed by atoms with E-state index in [1.165, 1.54) is 12.4 Å². The molecule has 0 aromatic carbocycles. The number of hydrogen-bond acceptors (Lipinski definition) is 5. The number of aliphatic hydroxyl groups excluding tert-OH is 2. The van der Waals surface area contributed by atoms with Crippen LogP contribution in [-0.4, -0.2) is 52.8 Å². The Morgan fingerprint density at radius 1 is 1.48 bits per heavy atom. The number of alkyl halides is 1. The van der Waals surface area contributed by atoms with Crippen LogP contribution in [0, 0.1) is 4.77 Å². The summed E-state index contributed by atoms with van der Waals surface area (Å²) in [4.78, 5) is 3.16. The number of halogens is 2. The van der Waals surface area contributed by atoms with E-state index in [0.29, 0.717) is 23.2 Å². The molecule has 0 spiro atoms. The average molecular weight is 378 g/mol. The third kappa shape index (κ3) is 3.14. The molecule has 1 aromatic heterocycles. The van der Waals surface area contributed by atoms with Crippen LogP contribution >= 0.6 is 35.4 Å². The topological polar surface area (TPSA) is 94.3 Å². The standard InChI is InChI=1S/C14H17Cl2N3O3S/c15-10-8(1-2-9(20)11(10)21)5-14(22,13(16)3-4-13)6-19-12(23)17-7-18-19/h1-2,7,9,11,20-22H,3-6H2,(H,17,18,23). The van der Waals surface area contributed by atoms with Gasteiger partial charge in [-0.2, -0.15) is 0 Å². The van der Waals surface area contributed by atoms with Crippen molar-refractivity contribution in [1.82, 2.24) is 14.8 Å². The first kappa shape index (κ1) is 17.1. The highest BCUT2D eigenvalue weighted by Gasteiger charge is 2.58. The summed E-state index contributed by atoms with van der Waals surface area (Å²) in [7, 11) is 0. The molecule has 0 amide bonds. The predicted octanol–water partition coefficient (Wildman–Crippen LogP) is 1.62. The molecule has 2 aliphatic rings. The van der Waals surface area contributed by atoms with Gasteiger partial charge < -0.3 is 15.3 Å². The Bertz CT molecular complexity index is 725. The Morgan fingerprint density at radius 3 is 2.74 bits per heavy atom. The molecule has 3 rings (SSSR count). The fraction of sp³-hybridized carbons (Fsp3) is 0.571. The third-order valence-corrected chi connectivity index (χ3v) is 5.95. The first-order valence-electron chi connectivity index (χ1n) is 7.20. The van der Waals surface area contributed by atoms with E-state index in [0.717, 1.165) is 0 Å². The molecule has 3 atom stereocenters. The Labute approximate surface area is 148 Å². The fourth-order valence-corrected chi connectivity index (χ4v) is 3.43. The molecular formula is C14H17Cl2N3O3S. The summed E-state index contributed by atoms with van der Waals surface area (Å²) in [6.45, 7) is 0.134. The molecule has 0 aliphatic heterocycles. The summed E-state index contributed by atoms with van der Waals surface area (Å²) in [5.74, 6) is 0. The van der Waals surface area contributed by atoms with Crippen LogP contribution in [0.2, 0.25) is 0 Å². The molecule has 1 saturated carbocycles. The molecule has 0 radical (unpaired) electrons. The van der Waals surface area contributed by atoms with Crippen LogP contribution in [0.25, 0.3) is 0 Å². The van der Waals surface area contributed by atoms with Gasteiger partial charge in [0.2, 0.25) is 4.77 Å². The number of nitrogens with one attached hydrogen (secondary N) is 1. The summed E-state index contributed by atoms with van der Waals surface area (Å²) in [6, 6.07) is 0. The number of aromatic amines is 1. The van der Waals surface area contributed by atoms with E-state index in [1.807, 2.05) is 0 Å².